The van der Waals surface area contributed by atoms with Gasteiger partial charge in [-0.1, -0.05) is 23.8 Å². The minimum atomic E-state index is 0.559. The number of hydrogen-bond donors (Lipinski definition) is 1. The number of benzene rings is 1. The molecule has 1 fully saturated rings. The average Bonchev–Trinajstić information content (AvgIpc) is 3.11. The summed E-state index contributed by atoms with van der Waals surface area (Å²) < 4.78 is 0. The van der Waals surface area contributed by atoms with E-state index < -0.39 is 0 Å². The van der Waals surface area contributed by atoms with Gasteiger partial charge in [0.05, 0.1) is 0 Å². The standard InChI is InChI=1S/C17H21NS/c1-11-4-5-12(2)14(10-11)15-8-9-16(19-15)17(18-3)13-6-7-13/h4-5,8-10,13,17-18H,6-7H2,1-3H3. The van der Waals surface area contributed by atoms with Crippen LogP contribution in [0.2, 0.25) is 0 Å². The Morgan fingerprint density at radius 2 is 1.95 bits per heavy atom. The molecule has 1 aliphatic rings. The zero-order valence-corrected chi connectivity index (χ0v) is 12.7. The molecular weight excluding hydrogens is 250 g/mol. The maximum absolute atomic E-state index is 3.48. The summed E-state index contributed by atoms with van der Waals surface area (Å²) in [5.74, 6) is 0.857. The van der Waals surface area contributed by atoms with Gasteiger partial charge in [0.1, 0.15) is 0 Å². The smallest absolute Gasteiger partial charge is 0.0441 e. The highest BCUT2D eigenvalue weighted by Crippen LogP contribution is 2.44. The van der Waals surface area contributed by atoms with E-state index in [-0.39, 0.29) is 0 Å². The van der Waals surface area contributed by atoms with E-state index in [1.807, 2.05) is 11.3 Å². The molecule has 1 heterocycles. The molecule has 1 aromatic carbocycles. The lowest BCUT2D eigenvalue weighted by molar-refractivity contribution is 0.537. The van der Waals surface area contributed by atoms with Gasteiger partial charge >= 0.3 is 0 Å². The van der Waals surface area contributed by atoms with Crippen molar-refractivity contribution in [2.45, 2.75) is 32.7 Å². The van der Waals surface area contributed by atoms with Crippen molar-refractivity contribution in [2.75, 3.05) is 7.05 Å². The average molecular weight is 271 g/mol. The fourth-order valence-corrected chi connectivity index (χ4v) is 4.00. The molecule has 0 saturated heterocycles. The fraction of sp³-hybridized carbons (Fsp3) is 0.412. The number of thiophene rings is 1. The third-order valence-electron chi connectivity index (χ3n) is 4.00. The van der Waals surface area contributed by atoms with E-state index in [1.54, 1.807) is 0 Å². The van der Waals surface area contributed by atoms with Crippen LogP contribution < -0.4 is 5.32 Å². The van der Waals surface area contributed by atoms with E-state index in [0.717, 1.165) is 5.92 Å². The van der Waals surface area contributed by atoms with Crippen LogP contribution in [0.1, 0.15) is 34.9 Å². The molecule has 1 saturated carbocycles. The molecule has 0 spiro atoms. The molecule has 0 aliphatic heterocycles. The summed E-state index contributed by atoms with van der Waals surface area (Å²) in [5, 5.41) is 3.48. The first kappa shape index (κ1) is 12.9. The quantitative estimate of drug-likeness (QED) is 0.849. The second-order valence-electron chi connectivity index (χ2n) is 5.62. The highest BCUT2D eigenvalue weighted by molar-refractivity contribution is 7.15. The summed E-state index contributed by atoms with van der Waals surface area (Å²) >= 11 is 1.95. The molecule has 3 rings (SSSR count). The summed E-state index contributed by atoms with van der Waals surface area (Å²) in [6, 6.07) is 11.9. The number of nitrogens with one attached hydrogen (secondary N) is 1. The second kappa shape index (κ2) is 5.10. The summed E-state index contributed by atoms with van der Waals surface area (Å²) in [4.78, 5) is 2.89. The van der Waals surface area contributed by atoms with Gasteiger partial charge in [-0.05, 0) is 62.9 Å². The van der Waals surface area contributed by atoms with Crippen LogP contribution in [-0.4, -0.2) is 7.05 Å². The van der Waals surface area contributed by atoms with Crippen LogP contribution in [0.3, 0.4) is 0 Å². The van der Waals surface area contributed by atoms with Crippen LogP contribution in [0.5, 0.6) is 0 Å². The van der Waals surface area contributed by atoms with Crippen molar-refractivity contribution in [1.82, 2.24) is 5.32 Å². The highest BCUT2D eigenvalue weighted by Gasteiger charge is 2.32. The number of rotatable bonds is 4. The van der Waals surface area contributed by atoms with Gasteiger partial charge < -0.3 is 5.32 Å². The van der Waals surface area contributed by atoms with Crippen molar-refractivity contribution in [3.05, 3.63) is 46.3 Å². The molecule has 1 unspecified atom stereocenters. The van der Waals surface area contributed by atoms with Gasteiger partial charge in [-0.25, -0.2) is 0 Å². The summed E-state index contributed by atoms with van der Waals surface area (Å²) in [7, 11) is 2.08. The van der Waals surface area contributed by atoms with Gasteiger partial charge in [0.25, 0.3) is 0 Å². The lowest BCUT2D eigenvalue weighted by Crippen LogP contribution is -2.16. The Kier molecular flexibility index (Phi) is 3.46. The zero-order valence-electron chi connectivity index (χ0n) is 11.9. The van der Waals surface area contributed by atoms with Crippen molar-refractivity contribution in [2.24, 2.45) is 5.92 Å². The van der Waals surface area contributed by atoms with Crippen molar-refractivity contribution >= 4 is 11.3 Å². The second-order valence-corrected chi connectivity index (χ2v) is 6.74. The molecule has 100 valence electrons. The van der Waals surface area contributed by atoms with Crippen LogP contribution in [0.25, 0.3) is 10.4 Å². The molecule has 1 N–H and O–H groups in total. The topological polar surface area (TPSA) is 12.0 Å². The van der Waals surface area contributed by atoms with Crippen LogP contribution in [0.4, 0.5) is 0 Å². The Morgan fingerprint density at radius 3 is 2.63 bits per heavy atom. The van der Waals surface area contributed by atoms with Crippen molar-refractivity contribution in [3.63, 3.8) is 0 Å². The third-order valence-corrected chi connectivity index (χ3v) is 5.20. The lowest BCUT2D eigenvalue weighted by Gasteiger charge is -2.12. The van der Waals surface area contributed by atoms with Gasteiger partial charge in [0, 0.05) is 15.8 Å². The fourth-order valence-electron chi connectivity index (χ4n) is 2.71. The zero-order chi connectivity index (χ0) is 13.4. The molecule has 0 bridgehead atoms. The maximum atomic E-state index is 3.48. The van der Waals surface area contributed by atoms with Crippen LogP contribution in [0, 0.1) is 19.8 Å². The molecular formula is C17H21NS. The van der Waals surface area contributed by atoms with Crippen LogP contribution >= 0.6 is 11.3 Å². The third kappa shape index (κ3) is 2.60. The van der Waals surface area contributed by atoms with E-state index in [9.17, 15) is 0 Å². The highest BCUT2D eigenvalue weighted by atomic mass is 32.1. The van der Waals surface area contributed by atoms with Gasteiger partial charge in [-0.2, -0.15) is 0 Å². The Hall–Kier alpha value is -1.12. The predicted octanol–water partition coefficient (Wildman–Crippen LogP) is 4.70. The molecule has 1 aliphatic carbocycles. The van der Waals surface area contributed by atoms with E-state index in [2.05, 4.69) is 56.5 Å². The van der Waals surface area contributed by atoms with Crippen molar-refractivity contribution in [1.29, 1.82) is 0 Å². The summed E-state index contributed by atoms with van der Waals surface area (Å²) in [6.45, 7) is 4.36. The molecule has 2 heteroatoms. The minimum absolute atomic E-state index is 0.559. The Bertz CT molecular complexity index is 581. The van der Waals surface area contributed by atoms with Gasteiger partial charge in [-0.15, -0.1) is 11.3 Å². The predicted molar refractivity (Wildman–Crippen MR) is 83.8 cm³/mol. The molecule has 1 atom stereocenters. The molecule has 0 amide bonds. The molecule has 19 heavy (non-hydrogen) atoms. The summed E-state index contributed by atoms with van der Waals surface area (Å²) in [6.07, 6.45) is 2.75. The minimum Gasteiger partial charge on any atom is -0.312 e. The first-order valence-corrected chi connectivity index (χ1v) is 7.85. The van der Waals surface area contributed by atoms with Gasteiger partial charge in [0.15, 0.2) is 0 Å². The SMILES string of the molecule is CNC(c1ccc(-c2cc(C)ccc2C)s1)C1CC1. The first-order valence-electron chi connectivity index (χ1n) is 7.03. The monoisotopic (exact) mass is 271 g/mol. The van der Waals surface area contributed by atoms with E-state index in [0.29, 0.717) is 6.04 Å². The Balaban J connectivity index is 1.94. The Morgan fingerprint density at radius 1 is 1.16 bits per heavy atom. The number of hydrogen-bond acceptors (Lipinski definition) is 2. The van der Waals surface area contributed by atoms with Gasteiger partial charge in [-0.3, -0.25) is 0 Å². The Labute approximate surface area is 119 Å². The van der Waals surface area contributed by atoms with Crippen LogP contribution in [-0.2, 0) is 0 Å². The number of aryl methyl sites for hydroxylation is 2. The summed E-state index contributed by atoms with van der Waals surface area (Å²) in [5.41, 5.74) is 4.09. The molecule has 1 nitrogen and oxygen atoms in total. The van der Waals surface area contributed by atoms with E-state index >= 15 is 0 Å². The normalized spacial score (nSPS) is 16.6. The molecule has 1 aromatic heterocycles. The van der Waals surface area contributed by atoms with E-state index in [4.69, 9.17) is 0 Å². The van der Waals surface area contributed by atoms with Crippen molar-refractivity contribution in [3.8, 4) is 10.4 Å². The van der Waals surface area contributed by atoms with Gasteiger partial charge in [0.2, 0.25) is 0 Å². The first-order chi connectivity index (χ1) is 9.19. The van der Waals surface area contributed by atoms with Crippen LogP contribution in [0.15, 0.2) is 30.3 Å². The largest absolute Gasteiger partial charge is 0.312 e. The van der Waals surface area contributed by atoms with E-state index in [1.165, 1.54) is 39.3 Å². The molecule has 0 radical (unpaired) electrons. The lowest BCUT2D eigenvalue weighted by atomic mass is 10.0. The van der Waals surface area contributed by atoms with Crippen molar-refractivity contribution < 1.29 is 0 Å². The molecule has 2 aromatic rings. The maximum Gasteiger partial charge on any atom is 0.0441 e.